The van der Waals surface area contributed by atoms with E-state index in [1.54, 1.807) is 12.4 Å². The molecular formula is C26H36N8O2. The number of nitrogens with two attached hydrogens (primary N) is 1. The summed E-state index contributed by atoms with van der Waals surface area (Å²) >= 11 is 0. The van der Waals surface area contributed by atoms with Crippen LogP contribution in [0.4, 0.5) is 17.5 Å². The summed E-state index contributed by atoms with van der Waals surface area (Å²) in [6.07, 6.45) is 9.43. The molecule has 1 saturated carbocycles. The summed E-state index contributed by atoms with van der Waals surface area (Å²) in [4.78, 5) is 34.8. The average Bonchev–Trinajstić information content (AvgIpc) is 3.41. The van der Waals surface area contributed by atoms with E-state index in [-0.39, 0.29) is 11.6 Å². The van der Waals surface area contributed by atoms with Crippen LogP contribution < -0.4 is 21.5 Å². The number of pyridine rings is 2. The molecule has 1 aliphatic rings. The van der Waals surface area contributed by atoms with Crippen LogP contribution in [0.5, 0.6) is 0 Å². The molecule has 0 spiro atoms. The second-order valence-electron chi connectivity index (χ2n) is 9.05. The quantitative estimate of drug-likeness (QED) is 0.323. The maximum absolute atomic E-state index is 13.8. The third-order valence-electron chi connectivity index (χ3n) is 6.73. The van der Waals surface area contributed by atoms with Gasteiger partial charge in [0.05, 0.1) is 29.2 Å². The van der Waals surface area contributed by atoms with Gasteiger partial charge in [-0.05, 0) is 46.1 Å². The van der Waals surface area contributed by atoms with Crippen molar-refractivity contribution in [2.45, 2.75) is 59.4 Å². The number of anilines is 3. The molecule has 10 nitrogen and oxygen atoms in total. The fraction of sp³-hybridized carbons (Fsp3) is 0.500. The second kappa shape index (κ2) is 11.5. The fourth-order valence-electron chi connectivity index (χ4n) is 4.96. The SMILES string of the molecule is CCO/N=C(\C)c1c(C)c2cnc(Nc3cnc(N(CC)CCN)cn3)cc2n(C2CCCC2)c1=O. The number of nitrogens with one attached hydrogen (secondary N) is 1. The minimum absolute atomic E-state index is 0.0336. The largest absolute Gasteiger partial charge is 0.396 e. The predicted octanol–water partition coefficient (Wildman–Crippen LogP) is 3.90. The first kappa shape index (κ1) is 25.6. The van der Waals surface area contributed by atoms with E-state index in [1.165, 1.54) is 0 Å². The van der Waals surface area contributed by atoms with Gasteiger partial charge >= 0.3 is 0 Å². The van der Waals surface area contributed by atoms with Crippen molar-refractivity contribution in [2.24, 2.45) is 10.9 Å². The third-order valence-corrected chi connectivity index (χ3v) is 6.73. The van der Waals surface area contributed by atoms with Crippen LogP contribution in [-0.4, -0.2) is 51.5 Å². The molecule has 4 rings (SSSR count). The van der Waals surface area contributed by atoms with Crippen LogP contribution in [0.1, 0.15) is 63.6 Å². The Balaban J connectivity index is 1.75. The Morgan fingerprint density at radius 1 is 1.19 bits per heavy atom. The molecule has 36 heavy (non-hydrogen) atoms. The Morgan fingerprint density at radius 2 is 1.94 bits per heavy atom. The zero-order chi connectivity index (χ0) is 25.7. The Hall–Kier alpha value is -3.53. The number of hydrogen-bond acceptors (Lipinski definition) is 9. The predicted molar refractivity (Wildman–Crippen MR) is 144 cm³/mol. The minimum Gasteiger partial charge on any atom is -0.396 e. The van der Waals surface area contributed by atoms with Gasteiger partial charge in [0.2, 0.25) is 0 Å². The lowest BCUT2D eigenvalue weighted by molar-refractivity contribution is 0.159. The third kappa shape index (κ3) is 5.18. The van der Waals surface area contributed by atoms with Crippen LogP contribution in [0, 0.1) is 6.92 Å². The van der Waals surface area contributed by atoms with Crippen molar-refractivity contribution >= 4 is 34.1 Å². The molecule has 3 N–H and O–H groups in total. The van der Waals surface area contributed by atoms with E-state index < -0.39 is 0 Å². The number of nitrogens with zero attached hydrogens (tertiary/aromatic N) is 6. The molecule has 3 aromatic rings. The van der Waals surface area contributed by atoms with Crippen LogP contribution >= 0.6 is 0 Å². The molecule has 0 bridgehead atoms. The highest BCUT2D eigenvalue weighted by atomic mass is 16.6. The van der Waals surface area contributed by atoms with Gasteiger partial charge in [0.1, 0.15) is 24.1 Å². The maximum atomic E-state index is 13.8. The summed E-state index contributed by atoms with van der Waals surface area (Å²) in [5, 5.41) is 8.34. The first-order valence-electron chi connectivity index (χ1n) is 12.7. The number of oxime groups is 1. The number of likely N-dealkylation sites (N-methyl/N-ethyl adjacent to an activating group) is 1. The summed E-state index contributed by atoms with van der Waals surface area (Å²) < 4.78 is 1.93. The van der Waals surface area contributed by atoms with Gasteiger partial charge < -0.3 is 25.4 Å². The summed E-state index contributed by atoms with van der Waals surface area (Å²) in [6, 6.07) is 2.08. The van der Waals surface area contributed by atoms with Crippen molar-refractivity contribution in [3.63, 3.8) is 0 Å². The van der Waals surface area contributed by atoms with E-state index in [0.717, 1.165) is 61.1 Å². The van der Waals surface area contributed by atoms with E-state index in [1.807, 2.05) is 37.6 Å². The summed E-state index contributed by atoms with van der Waals surface area (Å²) in [5.41, 5.74) is 8.55. The van der Waals surface area contributed by atoms with Crippen molar-refractivity contribution in [2.75, 3.05) is 36.5 Å². The molecule has 0 aliphatic heterocycles. The molecule has 1 aliphatic carbocycles. The molecule has 3 heterocycles. The number of aryl methyl sites for hydroxylation is 1. The molecule has 0 radical (unpaired) electrons. The Labute approximate surface area is 211 Å². The highest BCUT2D eigenvalue weighted by Crippen LogP contribution is 2.33. The van der Waals surface area contributed by atoms with E-state index >= 15 is 0 Å². The van der Waals surface area contributed by atoms with Crippen molar-refractivity contribution in [1.82, 2.24) is 19.5 Å². The first-order valence-corrected chi connectivity index (χ1v) is 12.7. The zero-order valence-corrected chi connectivity index (χ0v) is 21.6. The lowest BCUT2D eigenvalue weighted by Crippen LogP contribution is -2.30. The van der Waals surface area contributed by atoms with Crippen molar-refractivity contribution in [3.05, 3.63) is 46.1 Å². The van der Waals surface area contributed by atoms with Crippen molar-refractivity contribution < 1.29 is 4.84 Å². The van der Waals surface area contributed by atoms with Crippen LogP contribution in [-0.2, 0) is 4.84 Å². The molecule has 0 atom stereocenters. The van der Waals surface area contributed by atoms with Crippen molar-refractivity contribution in [3.8, 4) is 0 Å². The highest BCUT2D eigenvalue weighted by Gasteiger charge is 2.25. The minimum atomic E-state index is -0.0336. The number of fused-ring (bicyclic) bond motifs is 1. The number of rotatable bonds is 10. The monoisotopic (exact) mass is 492 g/mol. The van der Waals surface area contributed by atoms with Crippen molar-refractivity contribution in [1.29, 1.82) is 0 Å². The van der Waals surface area contributed by atoms with Crippen LogP contribution in [0.15, 0.2) is 34.6 Å². The molecule has 0 saturated heterocycles. The molecule has 1 fully saturated rings. The summed E-state index contributed by atoms with van der Waals surface area (Å²) in [7, 11) is 0. The highest BCUT2D eigenvalue weighted by molar-refractivity contribution is 6.03. The molecular weight excluding hydrogens is 456 g/mol. The van der Waals surface area contributed by atoms with Gasteiger partial charge in [-0.25, -0.2) is 15.0 Å². The molecule has 0 aromatic carbocycles. The molecule has 10 heteroatoms. The molecule has 3 aromatic heterocycles. The van der Waals surface area contributed by atoms with Gasteiger partial charge in [0.15, 0.2) is 0 Å². The summed E-state index contributed by atoms with van der Waals surface area (Å²) in [5.74, 6) is 1.97. The number of aromatic nitrogens is 4. The van der Waals surface area contributed by atoms with Crippen LogP contribution in [0.25, 0.3) is 10.9 Å². The van der Waals surface area contributed by atoms with E-state index in [0.29, 0.717) is 36.1 Å². The smallest absolute Gasteiger partial charge is 0.260 e. The molecule has 0 amide bonds. The second-order valence-corrected chi connectivity index (χ2v) is 9.05. The standard InChI is InChI=1S/C26H36N8O2/c1-5-33(12-11-27)24-16-29-23(15-30-24)31-22-13-21-20(14-28-22)17(3)25(18(4)32-36-6-2)26(35)34(21)19-9-7-8-10-19/h13-16,19H,5-12,27H2,1-4H3,(H,28,29,31)/b32-18+. The lowest BCUT2D eigenvalue weighted by Gasteiger charge is -2.21. The van der Waals surface area contributed by atoms with E-state index in [9.17, 15) is 4.79 Å². The van der Waals surface area contributed by atoms with Gasteiger partial charge in [0, 0.05) is 43.3 Å². The normalized spacial score (nSPS) is 14.4. The van der Waals surface area contributed by atoms with Crippen LogP contribution in [0.2, 0.25) is 0 Å². The molecule has 0 unspecified atom stereocenters. The Kier molecular flexibility index (Phi) is 8.14. The van der Waals surface area contributed by atoms with E-state index in [2.05, 4.69) is 37.2 Å². The van der Waals surface area contributed by atoms with Crippen LogP contribution in [0.3, 0.4) is 0 Å². The molecule has 192 valence electrons. The van der Waals surface area contributed by atoms with Gasteiger partial charge in [0.25, 0.3) is 5.56 Å². The summed E-state index contributed by atoms with van der Waals surface area (Å²) in [6.45, 7) is 10.2. The average molecular weight is 493 g/mol. The van der Waals surface area contributed by atoms with E-state index in [4.69, 9.17) is 10.6 Å². The number of hydrogen-bond donors (Lipinski definition) is 2. The fourth-order valence-corrected chi connectivity index (χ4v) is 4.96. The Morgan fingerprint density at radius 3 is 2.58 bits per heavy atom. The lowest BCUT2D eigenvalue weighted by atomic mass is 10.0. The van der Waals surface area contributed by atoms with Gasteiger partial charge in [-0.1, -0.05) is 18.0 Å². The van der Waals surface area contributed by atoms with Gasteiger partial charge in [-0.2, -0.15) is 0 Å². The maximum Gasteiger partial charge on any atom is 0.260 e. The first-order chi connectivity index (χ1) is 17.5. The van der Waals surface area contributed by atoms with Gasteiger partial charge in [-0.15, -0.1) is 0 Å². The Bertz CT molecular complexity index is 1280. The topological polar surface area (TPSA) is 124 Å². The van der Waals surface area contributed by atoms with Gasteiger partial charge in [-0.3, -0.25) is 4.79 Å². The zero-order valence-electron chi connectivity index (χ0n) is 21.6.